The fraction of sp³-hybridized carbons (Fsp3) is 0.263. The number of amides is 1. The van der Waals surface area contributed by atoms with Crippen LogP contribution in [0.4, 0.5) is 5.69 Å². The number of anilines is 1. The van der Waals surface area contributed by atoms with Crippen molar-refractivity contribution in [3.63, 3.8) is 0 Å². The van der Waals surface area contributed by atoms with E-state index < -0.39 is 11.5 Å². The lowest BCUT2D eigenvalue weighted by Gasteiger charge is -2.18. The van der Waals surface area contributed by atoms with Crippen LogP contribution in [0.2, 0.25) is 0 Å². The Morgan fingerprint density at radius 1 is 1.35 bits per heavy atom. The van der Waals surface area contributed by atoms with Crippen LogP contribution in [0.3, 0.4) is 0 Å². The van der Waals surface area contributed by atoms with Crippen molar-refractivity contribution >= 4 is 49.1 Å². The highest BCUT2D eigenvalue weighted by atomic mass is 79.9. The zero-order valence-electron chi connectivity index (χ0n) is 14.1. The van der Waals surface area contributed by atoms with Crippen LogP contribution in [0.15, 0.2) is 33.5 Å². The topological polar surface area (TPSA) is 82.2 Å². The van der Waals surface area contributed by atoms with Crippen molar-refractivity contribution in [2.24, 2.45) is 5.92 Å². The Morgan fingerprint density at radius 3 is 2.81 bits per heavy atom. The lowest BCUT2D eigenvalue weighted by atomic mass is 9.89. The summed E-state index contributed by atoms with van der Waals surface area (Å²) in [5.74, 6) is -0.243. The van der Waals surface area contributed by atoms with Gasteiger partial charge in [-0.3, -0.25) is 9.59 Å². The van der Waals surface area contributed by atoms with E-state index in [1.807, 2.05) is 0 Å². The molecule has 1 aliphatic carbocycles. The van der Waals surface area contributed by atoms with E-state index in [1.165, 1.54) is 16.2 Å². The second-order valence-corrected chi connectivity index (χ2v) is 8.72. The molecule has 5 nitrogen and oxygen atoms in total. The number of carbonyl (C=O) groups is 1. The first kappa shape index (κ1) is 17.3. The van der Waals surface area contributed by atoms with Gasteiger partial charge in [0.15, 0.2) is 0 Å². The van der Waals surface area contributed by atoms with E-state index in [9.17, 15) is 14.7 Å². The maximum atomic E-state index is 12.6. The third-order valence-electron chi connectivity index (χ3n) is 4.77. The van der Waals surface area contributed by atoms with Crippen molar-refractivity contribution in [2.45, 2.75) is 26.2 Å². The first-order valence-electron chi connectivity index (χ1n) is 8.40. The molecule has 2 heterocycles. The number of halogens is 1. The maximum absolute atomic E-state index is 12.6. The smallest absolute Gasteiger partial charge is 0.265 e. The highest BCUT2D eigenvalue weighted by Gasteiger charge is 2.27. The molecule has 1 amide bonds. The number of benzene rings is 1. The van der Waals surface area contributed by atoms with Crippen molar-refractivity contribution < 1.29 is 9.90 Å². The maximum Gasteiger partial charge on any atom is 0.265 e. The number of pyridine rings is 1. The van der Waals surface area contributed by atoms with Crippen molar-refractivity contribution in [3.05, 3.63) is 55.1 Å². The minimum Gasteiger partial charge on any atom is -0.506 e. The molecule has 0 saturated heterocycles. The van der Waals surface area contributed by atoms with E-state index >= 15 is 0 Å². The predicted molar refractivity (Wildman–Crippen MR) is 107 cm³/mol. The van der Waals surface area contributed by atoms with Crippen molar-refractivity contribution in [3.8, 4) is 5.75 Å². The molecule has 0 saturated carbocycles. The molecule has 2 aromatic heterocycles. The second kappa shape index (κ2) is 6.55. The summed E-state index contributed by atoms with van der Waals surface area (Å²) in [7, 11) is 0. The lowest BCUT2D eigenvalue weighted by Crippen LogP contribution is -2.23. The highest BCUT2D eigenvalue weighted by Crippen LogP contribution is 2.41. The molecule has 1 atom stereocenters. The fourth-order valence-electron chi connectivity index (χ4n) is 3.42. The number of hydrogen-bond donors (Lipinski definition) is 3. The van der Waals surface area contributed by atoms with Crippen LogP contribution < -0.4 is 10.9 Å². The molecule has 0 spiro atoms. The molecular formula is C19H17BrN2O3S. The first-order chi connectivity index (χ1) is 12.4. The van der Waals surface area contributed by atoms with Crippen molar-refractivity contribution in [1.29, 1.82) is 0 Å². The van der Waals surface area contributed by atoms with E-state index in [-0.39, 0.29) is 11.3 Å². The van der Waals surface area contributed by atoms with Gasteiger partial charge in [0, 0.05) is 15.0 Å². The van der Waals surface area contributed by atoms with E-state index in [0.717, 1.165) is 29.3 Å². The molecule has 0 radical (unpaired) electrons. The number of nitrogens with one attached hydrogen (secondary N) is 2. The summed E-state index contributed by atoms with van der Waals surface area (Å²) < 4.78 is 0.886. The normalized spacial score (nSPS) is 16.5. The Kier molecular flexibility index (Phi) is 4.36. The quantitative estimate of drug-likeness (QED) is 0.559. The molecule has 134 valence electrons. The summed E-state index contributed by atoms with van der Waals surface area (Å²) in [5, 5.41) is 14.0. The largest absolute Gasteiger partial charge is 0.506 e. The number of rotatable bonds is 2. The van der Waals surface area contributed by atoms with Gasteiger partial charge < -0.3 is 15.4 Å². The SMILES string of the molecule is CC1CCc2c(sc3[nH]c(=O)c(C(=O)Nc4ccc(Br)cc4)c(O)c23)C1. The zero-order valence-corrected chi connectivity index (χ0v) is 16.5. The molecule has 26 heavy (non-hydrogen) atoms. The number of aromatic nitrogens is 1. The van der Waals surface area contributed by atoms with Gasteiger partial charge in [-0.05, 0) is 55.0 Å². The third-order valence-corrected chi connectivity index (χ3v) is 6.47. The Bertz CT molecular complexity index is 1070. The Balaban J connectivity index is 1.78. The van der Waals surface area contributed by atoms with Crippen LogP contribution in [0.5, 0.6) is 5.75 Å². The predicted octanol–water partition coefficient (Wildman–Crippen LogP) is 4.43. The van der Waals surface area contributed by atoms with Gasteiger partial charge in [-0.15, -0.1) is 11.3 Å². The van der Waals surface area contributed by atoms with Crippen molar-refractivity contribution in [1.82, 2.24) is 4.98 Å². The Hall–Kier alpha value is -2.12. The van der Waals surface area contributed by atoms with E-state index in [2.05, 4.69) is 33.2 Å². The van der Waals surface area contributed by atoms with E-state index in [4.69, 9.17) is 0 Å². The molecule has 1 aromatic carbocycles. The molecule has 0 aliphatic heterocycles. The number of H-pyrrole nitrogens is 1. The lowest BCUT2D eigenvalue weighted by molar-refractivity contribution is 0.102. The van der Waals surface area contributed by atoms with Gasteiger partial charge in [0.25, 0.3) is 11.5 Å². The van der Waals surface area contributed by atoms with Crippen LogP contribution in [-0.4, -0.2) is 16.0 Å². The van der Waals surface area contributed by atoms with Gasteiger partial charge in [-0.1, -0.05) is 22.9 Å². The second-order valence-electron chi connectivity index (χ2n) is 6.69. The molecule has 3 aromatic rings. The molecule has 1 aliphatic rings. The highest BCUT2D eigenvalue weighted by molar-refractivity contribution is 9.10. The average Bonchev–Trinajstić information content (AvgIpc) is 2.94. The van der Waals surface area contributed by atoms with Crippen molar-refractivity contribution in [2.75, 3.05) is 5.32 Å². The third kappa shape index (κ3) is 2.95. The minimum atomic E-state index is -0.614. The Labute approximate surface area is 162 Å². The van der Waals surface area contributed by atoms with Gasteiger partial charge >= 0.3 is 0 Å². The van der Waals surface area contributed by atoms with Gasteiger partial charge in [-0.2, -0.15) is 0 Å². The zero-order chi connectivity index (χ0) is 18.4. The average molecular weight is 433 g/mol. The van der Waals surface area contributed by atoms with Crippen LogP contribution in [0.1, 0.15) is 34.1 Å². The van der Waals surface area contributed by atoms with E-state index in [0.29, 0.717) is 21.8 Å². The first-order valence-corrected chi connectivity index (χ1v) is 10.0. The Morgan fingerprint density at radius 2 is 2.08 bits per heavy atom. The summed E-state index contributed by atoms with van der Waals surface area (Å²) in [6, 6.07) is 7.03. The standard InChI is InChI=1S/C19H17BrN2O3S/c1-9-2-7-12-13(8-9)26-19-14(12)16(23)15(18(25)22-19)17(24)21-11-5-3-10(20)4-6-11/h3-6,9H,2,7-8H2,1H3,(H,21,24)(H2,22,23,25). The van der Waals surface area contributed by atoms with E-state index in [1.54, 1.807) is 24.3 Å². The van der Waals surface area contributed by atoms with Gasteiger partial charge in [0.1, 0.15) is 16.1 Å². The van der Waals surface area contributed by atoms with Crippen LogP contribution in [0, 0.1) is 5.92 Å². The molecule has 4 rings (SSSR count). The van der Waals surface area contributed by atoms with Crippen LogP contribution in [-0.2, 0) is 12.8 Å². The molecule has 0 bridgehead atoms. The van der Waals surface area contributed by atoms with Gasteiger partial charge in [0.05, 0.1) is 5.39 Å². The summed E-state index contributed by atoms with van der Waals surface area (Å²) in [4.78, 5) is 29.7. The summed E-state index contributed by atoms with van der Waals surface area (Å²) >= 11 is 4.84. The minimum absolute atomic E-state index is 0.217. The number of aromatic amines is 1. The molecule has 7 heteroatoms. The van der Waals surface area contributed by atoms with Crippen LogP contribution >= 0.6 is 27.3 Å². The summed E-state index contributed by atoms with van der Waals surface area (Å²) in [6.07, 6.45) is 2.83. The number of thiophene rings is 1. The molecule has 1 unspecified atom stereocenters. The molecule has 0 fully saturated rings. The monoisotopic (exact) mass is 432 g/mol. The van der Waals surface area contributed by atoms with Crippen LogP contribution in [0.25, 0.3) is 10.2 Å². The number of fused-ring (bicyclic) bond motifs is 3. The summed E-state index contributed by atoms with van der Waals surface area (Å²) in [5.41, 5.74) is 0.809. The molecular weight excluding hydrogens is 416 g/mol. The number of carbonyl (C=O) groups excluding carboxylic acids is 1. The number of aromatic hydroxyl groups is 1. The van der Waals surface area contributed by atoms with Gasteiger partial charge in [0.2, 0.25) is 0 Å². The van der Waals surface area contributed by atoms with Gasteiger partial charge in [-0.25, -0.2) is 0 Å². The fourth-order valence-corrected chi connectivity index (χ4v) is 5.10. The number of aryl methyl sites for hydroxylation is 1. The summed E-state index contributed by atoms with van der Waals surface area (Å²) in [6.45, 7) is 2.20. The molecule has 3 N–H and O–H groups in total. The number of hydrogen-bond acceptors (Lipinski definition) is 4.